The van der Waals surface area contributed by atoms with Crippen LogP contribution < -0.4 is 14.9 Å². The van der Waals surface area contributed by atoms with Crippen LogP contribution in [0.2, 0.25) is 0 Å². The molecule has 1 saturated carbocycles. The zero-order valence-corrected chi connectivity index (χ0v) is 30.2. The highest BCUT2D eigenvalue weighted by molar-refractivity contribution is 7.90. The molecule has 270 valence electrons. The third-order valence-corrected chi connectivity index (χ3v) is 13.0. The Morgan fingerprint density at radius 1 is 1.00 bits per heavy atom. The third kappa shape index (κ3) is 7.40. The lowest BCUT2D eigenvalue weighted by Crippen LogP contribution is -2.48. The number of carbonyl (C=O) groups is 1. The number of nitrogens with zero attached hydrogens (tertiary/aromatic N) is 3. The number of hydrogen-bond donors (Lipinski definition) is 2. The Kier molecular flexibility index (Phi) is 9.93. The first-order valence-electron chi connectivity index (χ1n) is 18.0. The van der Waals surface area contributed by atoms with Crippen molar-refractivity contribution in [1.82, 2.24) is 9.62 Å². The minimum absolute atomic E-state index is 0.180. The molecule has 5 aliphatic rings. The Morgan fingerprint density at radius 2 is 1.73 bits per heavy atom. The monoisotopic (exact) mass is 713 g/mol. The summed E-state index contributed by atoms with van der Waals surface area (Å²) in [6.45, 7) is 11.0. The van der Waals surface area contributed by atoms with Crippen LogP contribution in [0.3, 0.4) is 0 Å². The average molecular weight is 714 g/mol. The molecule has 3 aromatic rings. The maximum atomic E-state index is 13.1. The third-order valence-electron chi connectivity index (χ3n) is 11.7. The first-order chi connectivity index (χ1) is 24.5. The molecular weight excluding hydrogens is 667 g/mol. The Bertz CT molecular complexity index is 1910. The number of piperazine rings is 1. The number of allylic oxidation sites excluding steroid dienone is 2. The van der Waals surface area contributed by atoms with Crippen molar-refractivity contribution in [2.75, 3.05) is 56.2 Å². The molecule has 0 unspecified atom stereocenters. The smallest absolute Gasteiger partial charge is 0.293 e. The van der Waals surface area contributed by atoms with Crippen LogP contribution in [-0.4, -0.2) is 70.1 Å². The van der Waals surface area contributed by atoms with Gasteiger partial charge in [-0.2, -0.15) is 0 Å². The highest BCUT2D eigenvalue weighted by Crippen LogP contribution is 2.61. The number of carbonyl (C=O) groups excluding carboxylic acids is 1. The minimum atomic E-state index is -4.36. The summed E-state index contributed by atoms with van der Waals surface area (Å²) in [5, 5.41) is 14.9. The minimum Gasteiger partial charge on any atom is -0.381 e. The summed E-state index contributed by atoms with van der Waals surface area (Å²) in [6.07, 6.45) is 6.67. The van der Waals surface area contributed by atoms with E-state index in [-0.39, 0.29) is 21.8 Å². The lowest BCUT2D eigenvalue weighted by Gasteiger charge is -2.56. The van der Waals surface area contributed by atoms with Crippen LogP contribution in [0.15, 0.2) is 77.7 Å². The molecule has 11 nitrogen and oxygen atoms in total. The molecule has 0 spiro atoms. The van der Waals surface area contributed by atoms with Gasteiger partial charge in [-0.05, 0) is 102 Å². The fourth-order valence-corrected chi connectivity index (χ4v) is 9.24. The van der Waals surface area contributed by atoms with Gasteiger partial charge < -0.3 is 15.0 Å². The number of hydrogen-bond acceptors (Lipinski definition) is 9. The molecule has 3 aliphatic carbocycles. The van der Waals surface area contributed by atoms with E-state index in [1.807, 2.05) is 12.1 Å². The Morgan fingerprint density at radius 3 is 2.41 bits per heavy atom. The van der Waals surface area contributed by atoms with Gasteiger partial charge in [0.15, 0.2) is 0 Å². The standard InChI is InChI=1S/C39H47N5O6S/c1-39(2)30-9-13-34(35(39)23-30)33-6-4-3-5-29(33)26-42-17-19-43(20-18-42)31-10-7-28(8-11-31)38(45)41-51(48,49)32-12-14-36(37(24-32)44(46)47)40-25-27-15-21-50-22-16-27/h3-8,10-14,24,27,30,35,40H,9,15-23,25-26H2,1-2H3,(H,41,45)/t30-,35-/m0/s1. The van der Waals surface area contributed by atoms with Crippen molar-refractivity contribution in [3.63, 3.8) is 0 Å². The van der Waals surface area contributed by atoms with Gasteiger partial charge in [0.1, 0.15) is 5.69 Å². The van der Waals surface area contributed by atoms with Gasteiger partial charge in [-0.15, -0.1) is 0 Å². The quantitative estimate of drug-likeness (QED) is 0.173. The van der Waals surface area contributed by atoms with Crippen LogP contribution >= 0.6 is 0 Å². The number of amides is 1. The molecule has 3 fully saturated rings. The molecule has 0 aromatic heterocycles. The molecule has 0 radical (unpaired) electrons. The van der Waals surface area contributed by atoms with Gasteiger partial charge >= 0.3 is 0 Å². The number of sulfonamides is 1. The van der Waals surface area contributed by atoms with E-state index in [1.54, 1.807) is 12.1 Å². The van der Waals surface area contributed by atoms with E-state index in [0.29, 0.717) is 37.0 Å². The van der Waals surface area contributed by atoms with Crippen LogP contribution in [0.1, 0.15) is 61.0 Å². The number of nitrogens with one attached hydrogen (secondary N) is 2. The first-order valence-corrected chi connectivity index (χ1v) is 19.5. The van der Waals surface area contributed by atoms with E-state index in [1.165, 1.54) is 41.7 Å². The summed E-state index contributed by atoms with van der Waals surface area (Å²) < 4.78 is 33.7. The van der Waals surface area contributed by atoms with Gasteiger partial charge in [0.2, 0.25) is 0 Å². The Hall–Kier alpha value is -4.26. The summed E-state index contributed by atoms with van der Waals surface area (Å²) in [5.41, 5.74) is 5.70. The highest BCUT2D eigenvalue weighted by atomic mass is 32.2. The highest BCUT2D eigenvalue weighted by Gasteiger charge is 2.51. The van der Waals surface area contributed by atoms with Crippen molar-refractivity contribution in [1.29, 1.82) is 0 Å². The second-order valence-electron chi connectivity index (χ2n) is 15.0. The summed E-state index contributed by atoms with van der Waals surface area (Å²) in [7, 11) is -4.36. The largest absolute Gasteiger partial charge is 0.381 e. The van der Waals surface area contributed by atoms with Gasteiger partial charge in [0.25, 0.3) is 21.6 Å². The molecule has 2 aliphatic heterocycles. The molecule has 2 heterocycles. The molecule has 51 heavy (non-hydrogen) atoms. The second-order valence-corrected chi connectivity index (χ2v) is 16.7. The Balaban J connectivity index is 0.940. The summed E-state index contributed by atoms with van der Waals surface area (Å²) in [6, 6.07) is 19.4. The van der Waals surface area contributed by atoms with Gasteiger partial charge in [-0.25, -0.2) is 13.1 Å². The molecule has 2 saturated heterocycles. The van der Waals surface area contributed by atoms with Gasteiger partial charge in [-0.3, -0.25) is 19.8 Å². The molecule has 8 rings (SSSR count). The Labute approximate surface area is 300 Å². The average Bonchev–Trinajstić information content (AvgIpc) is 3.14. The number of anilines is 2. The number of ether oxygens (including phenoxy) is 1. The number of benzene rings is 3. The normalized spacial score (nSPS) is 22.1. The van der Waals surface area contributed by atoms with E-state index in [2.05, 4.69) is 64.0 Å². The van der Waals surface area contributed by atoms with E-state index in [0.717, 1.165) is 63.2 Å². The zero-order valence-electron chi connectivity index (χ0n) is 29.3. The molecule has 12 heteroatoms. The maximum absolute atomic E-state index is 13.1. The molecule has 2 N–H and O–H groups in total. The van der Waals surface area contributed by atoms with Crippen LogP contribution in [-0.2, 0) is 21.3 Å². The SMILES string of the molecule is CC1(C)[C@H]2CC=C(c3ccccc3CN3CCN(c4ccc(C(=O)NS(=O)(=O)c5ccc(NCC6CCOCC6)c([N+](=O)[O-])c5)cc4)CC3)[C@@H]1C2. The van der Waals surface area contributed by atoms with Crippen LogP contribution in [0.5, 0.6) is 0 Å². The zero-order chi connectivity index (χ0) is 35.8. The van der Waals surface area contributed by atoms with E-state index >= 15 is 0 Å². The molecular formula is C39H47N5O6S. The number of nitro groups is 1. The van der Waals surface area contributed by atoms with Crippen LogP contribution in [0.4, 0.5) is 17.1 Å². The molecule has 1 amide bonds. The predicted molar refractivity (Wildman–Crippen MR) is 198 cm³/mol. The van der Waals surface area contributed by atoms with Crippen molar-refractivity contribution in [3.8, 4) is 0 Å². The second kappa shape index (κ2) is 14.4. The molecule has 3 aromatic carbocycles. The van der Waals surface area contributed by atoms with Crippen molar-refractivity contribution < 1.29 is 22.9 Å². The van der Waals surface area contributed by atoms with E-state index < -0.39 is 20.9 Å². The molecule has 2 bridgehead atoms. The lowest BCUT2D eigenvalue weighted by atomic mass is 9.48. The predicted octanol–water partition coefficient (Wildman–Crippen LogP) is 6.32. The number of rotatable bonds is 11. The number of fused-ring (bicyclic) bond motifs is 1. The van der Waals surface area contributed by atoms with Gasteiger partial charge in [0.05, 0.1) is 9.82 Å². The van der Waals surface area contributed by atoms with Gasteiger partial charge in [0, 0.05) is 69.8 Å². The maximum Gasteiger partial charge on any atom is 0.293 e. The van der Waals surface area contributed by atoms with Crippen LogP contribution in [0, 0.1) is 33.3 Å². The fraction of sp³-hybridized carbons (Fsp3) is 0.462. The van der Waals surface area contributed by atoms with Crippen molar-refractivity contribution in [3.05, 3.63) is 99.6 Å². The van der Waals surface area contributed by atoms with Crippen molar-refractivity contribution in [2.45, 2.75) is 51.0 Å². The van der Waals surface area contributed by atoms with Crippen LogP contribution in [0.25, 0.3) is 5.57 Å². The van der Waals surface area contributed by atoms with E-state index in [4.69, 9.17) is 4.74 Å². The fourth-order valence-electron chi connectivity index (χ4n) is 8.25. The number of nitro benzene ring substituents is 1. The summed E-state index contributed by atoms with van der Waals surface area (Å²) in [4.78, 5) is 28.6. The summed E-state index contributed by atoms with van der Waals surface area (Å²) in [5.74, 6) is 0.964. The first kappa shape index (κ1) is 35.2. The molecule has 2 atom stereocenters. The van der Waals surface area contributed by atoms with Crippen molar-refractivity contribution in [2.24, 2.45) is 23.2 Å². The van der Waals surface area contributed by atoms with Gasteiger partial charge in [-0.1, -0.05) is 44.2 Å². The van der Waals surface area contributed by atoms with Crippen molar-refractivity contribution >= 4 is 38.6 Å². The topological polar surface area (TPSA) is 134 Å². The van der Waals surface area contributed by atoms with E-state index in [9.17, 15) is 23.3 Å². The summed E-state index contributed by atoms with van der Waals surface area (Å²) >= 11 is 0. The lowest BCUT2D eigenvalue weighted by molar-refractivity contribution is -0.384.